The highest BCUT2D eigenvalue weighted by Crippen LogP contribution is 2.21. The topological polar surface area (TPSA) is 50.1 Å². The van der Waals surface area contributed by atoms with E-state index in [9.17, 15) is 9.18 Å². The number of fused-ring (bicyclic) bond motifs is 1. The first-order valence-corrected chi connectivity index (χ1v) is 6.83. The minimum absolute atomic E-state index is 0.000715. The SMILES string of the molecule is CC(C)(C)OC(=O)/C=C/c1ccc2cc(F)c(C#N)cc2c1. The predicted octanol–water partition coefficient (Wildman–Crippen LogP) is 4.21. The number of hydrogen-bond acceptors (Lipinski definition) is 3. The molecule has 0 fully saturated rings. The van der Waals surface area contributed by atoms with E-state index in [0.29, 0.717) is 5.39 Å². The number of nitriles is 1. The van der Waals surface area contributed by atoms with E-state index in [1.807, 2.05) is 6.07 Å². The predicted molar refractivity (Wildman–Crippen MR) is 83.5 cm³/mol. The third-order valence-electron chi connectivity index (χ3n) is 2.89. The third-order valence-corrected chi connectivity index (χ3v) is 2.89. The lowest BCUT2D eigenvalue weighted by atomic mass is 10.0. The Kier molecular flexibility index (Phi) is 4.27. The Bertz CT molecular complexity index is 795. The number of rotatable bonds is 2. The summed E-state index contributed by atoms with van der Waals surface area (Å²) in [5.74, 6) is -0.962. The molecule has 3 nitrogen and oxygen atoms in total. The molecule has 0 radical (unpaired) electrons. The fourth-order valence-corrected chi connectivity index (χ4v) is 1.98. The van der Waals surface area contributed by atoms with Gasteiger partial charge in [-0.1, -0.05) is 12.1 Å². The molecule has 2 rings (SSSR count). The van der Waals surface area contributed by atoms with E-state index in [4.69, 9.17) is 10.00 Å². The molecule has 0 amide bonds. The second-order valence-corrected chi connectivity index (χ2v) is 5.92. The van der Waals surface area contributed by atoms with Gasteiger partial charge in [-0.3, -0.25) is 0 Å². The van der Waals surface area contributed by atoms with Crippen LogP contribution >= 0.6 is 0 Å². The van der Waals surface area contributed by atoms with Crippen LogP contribution in [-0.2, 0) is 9.53 Å². The van der Waals surface area contributed by atoms with Crippen molar-refractivity contribution in [2.75, 3.05) is 0 Å². The van der Waals surface area contributed by atoms with Crippen LogP contribution in [0.3, 0.4) is 0 Å². The zero-order valence-electron chi connectivity index (χ0n) is 12.7. The molecule has 0 unspecified atom stereocenters. The molecule has 0 saturated heterocycles. The van der Waals surface area contributed by atoms with Crippen LogP contribution in [0.5, 0.6) is 0 Å². The molecule has 0 aromatic heterocycles. The summed E-state index contributed by atoms with van der Waals surface area (Å²) in [5.41, 5.74) is 0.235. The molecule has 22 heavy (non-hydrogen) atoms. The zero-order valence-corrected chi connectivity index (χ0v) is 12.7. The Morgan fingerprint density at radius 2 is 1.95 bits per heavy atom. The molecule has 0 N–H and O–H groups in total. The number of nitrogens with zero attached hydrogens (tertiary/aromatic N) is 1. The largest absolute Gasteiger partial charge is 0.457 e. The number of carbonyl (C=O) groups is 1. The molecule has 4 heteroatoms. The van der Waals surface area contributed by atoms with Crippen LogP contribution in [0.1, 0.15) is 31.9 Å². The van der Waals surface area contributed by atoms with Crippen molar-refractivity contribution >= 4 is 22.8 Å². The normalized spacial score (nSPS) is 11.6. The summed E-state index contributed by atoms with van der Waals surface area (Å²) in [5, 5.41) is 10.3. The first kappa shape index (κ1) is 15.7. The van der Waals surface area contributed by atoms with Crippen molar-refractivity contribution in [1.82, 2.24) is 0 Å². The molecule has 2 aromatic carbocycles. The molecular weight excluding hydrogens is 281 g/mol. The summed E-state index contributed by atoms with van der Waals surface area (Å²) in [7, 11) is 0. The molecule has 0 aliphatic heterocycles. The molecule has 2 aromatic rings. The molecule has 0 heterocycles. The van der Waals surface area contributed by atoms with Gasteiger partial charge in [0.1, 0.15) is 17.5 Å². The van der Waals surface area contributed by atoms with Gasteiger partial charge in [0.25, 0.3) is 0 Å². The van der Waals surface area contributed by atoms with Crippen LogP contribution in [-0.4, -0.2) is 11.6 Å². The fraction of sp³-hybridized carbons (Fsp3) is 0.222. The summed E-state index contributed by atoms with van der Waals surface area (Å²) >= 11 is 0. The van der Waals surface area contributed by atoms with Crippen LogP contribution in [0.2, 0.25) is 0 Å². The van der Waals surface area contributed by atoms with E-state index in [-0.39, 0.29) is 5.56 Å². The van der Waals surface area contributed by atoms with Crippen LogP contribution in [0, 0.1) is 17.1 Å². The maximum absolute atomic E-state index is 13.5. The van der Waals surface area contributed by atoms with Gasteiger partial charge < -0.3 is 4.74 Å². The molecule has 0 aliphatic rings. The maximum atomic E-state index is 13.5. The summed E-state index contributed by atoms with van der Waals surface area (Å²) in [6.07, 6.45) is 2.98. The average Bonchev–Trinajstić information content (AvgIpc) is 2.42. The third kappa shape index (κ3) is 3.92. The summed E-state index contributed by atoms with van der Waals surface area (Å²) in [6, 6.07) is 9.94. The summed E-state index contributed by atoms with van der Waals surface area (Å²) in [6.45, 7) is 5.40. The number of halogens is 1. The van der Waals surface area contributed by atoms with E-state index >= 15 is 0 Å². The van der Waals surface area contributed by atoms with Gasteiger partial charge in [-0.15, -0.1) is 0 Å². The van der Waals surface area contributed by atoms with Gasteiger partial charge in [0.15, 0.2) is 0 Å². The molecule has 0 atom stereocenters. The molecule has 0 bridgehead atoms. The van der Waals surface area contributed by atoms with E-state index in [1.165, 1.54) is 18.2 Å². The van der Waals surface area contributed by atoms with E-state index in [1.54, 1.807) is 45.0 Å². The van der Waals surface area contributed by atoms with Crippen LogP contribution in [0.4, 0.5) is 4.39 Å². The van der Waals surface area contributed by atoms with Crippen molar-refractivity contribution in [3.63, 3.8) is 0 Å². The Morgan fingerprint density at radius 3 is 2.59 bits per heavy atom. The lowest BCUT2D eigenvalue weighted by molar-refractivity contribution is -0.148. The second kappa shape index (κ2) is 5.98. The first-order valence-electron chi connectivity index (χ1n) is 6.83. The first-order chi connectivity index (χ1) is 10.3. The van der Waals surface area contributed by atoms with Crippen molar-refractivity contribution in [3.05, 3.63) is 53.4 Å². The lowest BCUT2D eigenvalue weighted by Crippen LogP contribution is -2.22. The van der Waals surface area contributed by atoms with Crippen LogP contribution in [0.15, 0.2) is 36.4 Å². The minimum Gasteiger partial charge on any atom is -0.457 e. The number of benzene rings is 2. The van der Waals surface area contributed by atoms with E-state index in [0.717, 1.165) is 10.9 Å². The Balaban J connectivity index is 2.28. The quantitative estimate of drug-likeness (QED) is 0.616. The van der Waals surface area contributed by atoms with E-state index < -0.39 is 17.4 Å². The van der Waals surface area contributed by atoms with Gasteiger partial charge in [-0.25, -0.2) is 9.18 Å². The van der Waals surface area contributed by atoms with Gasteiger partial charge in [0.2, 0.25) is 0 Å². The average molecular weight is 297 g/mol. The molecule has 112 valence electrons. The summed E-state index contributed by atoms with van der Waals surface area (Å²) in [4.78, 5) is 11.6. The fourth-order valence-electron chi connectivity index (χ4n) is 1.98. The molecule has 0 spiro atoms. The zero-order chi connectivity index (χ0) is 16.3. The Morgan fingerprint density at radius 1 is 1.23 bits per heavy atom. The number of esters is 1. The van der Waals surface area contributed by atoms with Crippen molar-refractivity contribution in [2.24, 2.45) is 0 Å². The highest BCUT2D eigenvalue weighted by molar-refractivity contribution is 5.90. The number of hydrogen-bond donors (Lipinski definition) is 0. The van der Waals surface area contributed by atoms with Gasteiger partial charge >= 0.3 is 5.97 Å². The lowest BCUT2D eigenvalue weighted by Gasteiger charge is -2.17. The van der Waals surface area contributed by atoms with Crippen molar-refractivity contribution < 1.29 is 13.9 Å². The Labute approximate surface area is 128 Å². The monoisotopic (exact) mass is 297 g/mol. The molecule has 0 aliphatic carbocycles. The number of carbonyl (C=O) groups excluding carboxylic acids is 1. The van der Waals surface area contributed by atoms with Crippen LogP contribution < -0.4 is 0 Å². The van der Waals surface area contributed by atoms with Crippen molar-refractivity contribution in [1.29, 1.82) is 5.26 Å². The van der Waals surface area contributed by atoms with Crippen LogP contribution in [0.25, 0.3) is 16.8 Å². The molecular formula is C18H16FNO2. The minimum atomic E-state index is -0.538. The van der Waals surface area contributed by atoms with Gasteiger partial charge in [-0.2, -0.15) is 5.26 Å². The smallest absolute Gasteiger partial charge is 0.331 e. The Hall–Kier alpha value is -2.67. The van der Waals surface area contributed by atoms with E-state index in [2.05, 4.69) is 0 Å². The highest BCUT2D eigenvalue weighted by atomic mass is 19.1. The maximum Gasteiger partial charge on any atom is 0.331 e. The van der Waals surface area contributed by atoms with Gasteiger partial charge in [0, 0.05) is 6.08 Å². The summed E-state index contributed by atoms with van der Waals surface area (Å²) < 4.78 is 18.7. The van der Waals surface area contributed by atoms with Gasteiger partial charge in [0.05, 0.1) is 5.56 Å². The number of ether oxygens (including phenoxy) is 1. The van der Waals surface area contributed by atoms with Gasteiger partial charge in [-0.05, 0) is 61.4 Å². The second-order valence-electron chi connectivity index (χ2n) is 5.92. The highest BCUT2D eigenvalue weighted by Gasteiger charge is 2.13. The van der Waals surface area contributed by atoms with Crippen molar-refractivity contribution in [2.45, 2.75) is 26.4 Å². The van der Waals surface area contributed by atoms with Crippen molar-refractivity contribution in [3.8, 4) is 6.07 Å². The standard InChI is InChI=1S/C18H16FNO2/c1-18(2,3)22-17(21)7-5-12-4-6-13-10-16(19)15(11-20)9-14(13)8-12/h4-10H,1-3H3/b7-5+. The molecule has 0 saturated carbocycles.